The third kappa shape index (κ3) is 6.16. The minimum atomic E-state index is -0.830. The highest BCUT2D eigenvalue weighted by Gasteiger charge is 2.54. The number of likely N-dealkylation sites (tertiary alicyclic amines) is 1. The minimum Gasteiger partial charge on any atom is -0.496 e. The van der Waals surface area contributed by atoms with Crippen molar-refractivity contribution >= 4 is 40.8 Å². The first-order valence-corrected chi connectivity index (χ1v) is 14.5. The van der Waals surface area contributed by atoms with E-state index >= 15 is 0 Å². The van der Waals surface area contributed by atoms with Crippen LogP contribution in [0.4, 0.5) is 16.2 Å². The number of carbonyl (C=O) groups excluding carboxylic acids is 3. The van der Waals surface area contributed by atoms with Crippen LogP contribution in [0.15, 0.2) is 72.8 Å². The predicted octanol–water partition coefficient (Wildman–Crippen LogP) is 4.69. The number of rotatable bonds is 8. The molecule has 2 aliphatic rings. The van der Waals surface area contributed by atoms with E-state index < -0.39 is 5.54 Å². The van der Waals surface area contributed by atoms with Gasteiger partial charge in [-0.15, -0.1) is 0 Å². The number of nitrogens with zero attached hydrogens (tertiary/aromatic N) is 3. The summed E-state index contributed by atoms with van der Waals surface area (Å²) in [4.78, 5) is 45.4. The summed E-state index contributed by atoms with van der Waals surface area (Å²) < 4.78 is 5.40. The molecule has 2 N–H and O–H groups in total. The van der Waals surface area contributed by atoms with Crippen LogP contribution in [-0.4, -0.2) is 73.1 Å². The van der Waals surface area contributed by atoms with Crippen LogP contribution in [0.3, 0.4) is 0 Å². The lowest BCUT2D eigenvalue weighted by atomic mass is 9.85. The van der Waals surface area contributed by atoms with Gasteiger partial charge in [0.25, 0.3) is 5.91 Å². The van der Waals surface area contributed by atoms with Crippen molar-refractivity contribution in [2.75, 3.05) is 50.2 Å². The van der Waals surface area contributed by atoms with E-state index in [4.69, 9.17) is 16.3 Å². The van der Waals surface area contributed by atoms with E-state index in [0.29, 0.717) is 56.3 Å². The number of hydrogen-bond donors (Lipinski definition) is 2. The van der Waals surface area contributed by atoms with Crippen molar-refractivity contribution in [1.29, 1.82) is 0 Å². The number of halogens is 1. The number of hydrogen-bond acceptors (Lipinski definition) is 5. The molecule has 0 unspecified atom stereocenters. The topological polar surface area (TPSA) is 94.2 Å². The first-order chi connectivity index (χ1) is 20.3. The number of anilines is 2. The second-order valence-electron chi connectivity index (χ2n) is 10.7. The van der Waals surface area contributed by atoms with Gasteiger partial charge in [-0.1, -0.05) is 54.1 Å². The van der Waals surface area contributed by atoms with Gasteiger partial charge in [0, 0.05) is 36.0 Å². The van der Waals surface area contributed by atoms with Gasteiger partial charge in [-0.05, 0) is 67.6 Å². The Kier molecular flexibility index (Phi) is 8.87. The fraction of sp³-hybridized carbons (Fsp3) is 0.344. The molecule has 42 heavy (non-hydrogen) atoms. The van der Waals surface area contributed by atoms with Crippen molar-refractivity contribution in [3.05, 3.63) is 88.9 Å². The molecular formula is C32H36ClN5O4. The van der Waals surface area contributed by atoms with E-state index in [-0.39, 0.29) is 24.4 Å². The van der Waals surface area contributed by atoms with Gasteiger partial charge in [0.15, 0.2) is 0 Å². The quantitative estimate of drug-likeness (QED) is 0.398. The van der Waals surface area contributed by atoms with E-state index in [1.807, 2.05) is 73.7 Å². The summed E-state index contributed by atoms with van der Waals surface area (Å²) in [5, 5.41) is 6.46. The number of piperidine rings is 1. The average Bonchev–Trinajstić information content (AvgIpc) is 3.26. The molecule has 4 amide bonds. The van der Waals surface area contributed by atoms with Gasteiger partial charge in [-0.25, -0.2) is 4.79 Å². The Balaban J connectivity index is 1.24. The van der Waals surface area contributed by atoms with E-state index in [1.165, 1.54) is 0 Å². The zero-order valence-corrected chi connectivity index (χ0v) is 24.7. The third-order valence-electron chi connectivity index (χ3n) is 8.13. The van der Waals surface area contributed by atoms with Crippen LogP contribution >= 0.6 is 11.6 Å². The standard InChI is InChI=1S/C32H36ClN5O4/c1-23-12-13-25(20-27(23)33)35-31(41)36-18-15-32(16-19-36)30(40)37(22-38(32)26-9-4-3-5-10-26)21-29(39)34-17-14-24-8-6-7-11-28(24)42-2/h3-13,20H,14-19,21-22H2,1-2H3,(H,34,39)(H,35,41). The van der Waals surface area contributed by atoms with E-state index in [0.717, 1.165) is 22.6 Å². The molecule has 220 valence electrons. The number of aryl methyl sites for hydroxylation is 1. The highest BCUT2D eigenvalue weighted by Crippen LogP contribution is 2.39. The zero-order valence-electron chi connectivity index (χ0n) is 23.9. The summed E-state index contributed by atoms with van der Waals surface area (Å²) >= 11 is 6.23. The average molecular weight is 590 g/mol. The van der Waals surface area contributed by atoms with Crippen LogP contribution < -0.4 is 20.3 Å². The number of urea groups is 1. The lowest BCUT2D eigenvalue weighted by Crippen LogP contribution is -2.58. The monoisotopic (exact) mass is 589 g/mol. The largest absolute Gasteiger partial charge is 0.496 e. The van der Waals surface area contributed by atoms with Crippen molar-refractivity contribution < 1.29 is 19.1 Å². The molecule has 2 fully saturated rings. The summed E-state index contributed by atoms with van der Waals surface area (Å²) in [7, 11) is 1.63. The Labute approximate surface area is 251 Å². The number of carbonyl (C=O) groups is 3. The van der Waals surface area contributed by atoms with Crippen molar-refractivity contribution in [3.8, 4) is 5.75 Å². The molecule has 0 radical (unpaired) electrons. The number of methoxy groups -OCH3 is 1. The molecule has 3 aromatic rings. The van der Waals surface area contributed by atoms with Gasteiger partial charge in [-0.2, -0.15) is 0 Å². The molecule has 5 rings (SSSR count). The maximum atomic E-state index is 14.0. The number of para-hydroxylation sites is 2. The smallest absolute Gasteiger partial charge is 0.321 e. The summed E-state index contributed by atoms with van der Waals surface area (Å²) in [5.41, 5.74) is 2.65. The van der Waals surface area contributed by atoms with Gasteiger partial charge < -0.3 is 30.1 Å². The zero-order chi connectivity index (χ0) is 29.7. The van der Waals surface area contributed by atoms with Crippen molar-refractivity contribution in [1.82, 2.24) is 15.1 Å². The Bertz CT molecular complexity index is 1440. The van der Waals surface area contributed by atoms with Crippen LogP contribution in [-0.2, 0) is 16.0 Å². The van der Waals surface area contributed by atoms with Crippen LogP contribution in [0.25, 0.3) is 0 Å². The fourth-order valence-corrected chi connectivity index (χ4v) is 5.93. The van der Waals surface area contributed by atoms with Crippen LogP contribution in [0.5, 0.6) is 5.75 Å². The SMILES string of the molecule is COc1ccccc1CCNC(=O)CN1CN(c2ccccc2)C2(CCN(C(=O)Nc3ccc(C)c(Cl)c3)CC2)C1=O. The lowest BCUT2D eigenvalue weighted by molar-refractivity contribution is -0.137. The number of nitrogens with one attached hydrogen (secondary N) is 2. The molecular weight excluding hydrogens is 554 g/mol. The Morgan fingerprint density at radius 1 is 1.00 bits per heavy atom. The molecule has 10 heteroatoms. The molecule has 0 saturated carbocycles. The number of amides is 4. The molecule has 1 spiro atoms. The summed E-state index contributed by atoms with van der Waals surface area (Å²) in [6.07, 6.45) is 1.53. The normalized spacial score (nSPS) is 16.1. The van der Waals surface area contributed by atoms with Gasteiger partial charge in [0.2, 0.25) is 5.91 Å². The molecule has 2 saturated heterocycles. The third-order valence-corrected chi connectivity index (χ3v) is 8.53. The van der Waals surface area contributed by atoms with Crippen molar-refractivity contribution in [2.45, 2.75) is 31.7 Å². The van der Waals surface area contributed by atoms with E-state index in [2.05, 4.69) is 15.5 Å². The highest BCUT2D eigenvalue weighted by atomic mass is 35.5. The first kappa shape index (κ1) is 29.3. The van der Waals surface area contributed by atoms with Gasteiger partial charge in [0.05, 0.1) is 13.8 Å². The van der Waals surface area contributed by atoms with Crippen molar-refractivity contribution in [3.63, 3.8) is 0 Å². The van der Waals surface area contributed by atoms with E-state index in [9.17, 15) is 14.4 Å². The minimum absolute atomic E-state index is 0.0335. The maximum Gasteiger partial charge on any atom is 0.321 e. The molecule has 0 aliphatic carbocycles. The molecule has 3 aromatic carbocycles. The van der Waals surface area contributed by atoms with Gasteiger partial charge >= 0.3 is 6.03 Å². The molecule has 9 nitrogen and oxygen atoms in total. The van der Waals surface area contributed by atoms with Crippen LogP contribution in [0.1, 0.15) is 24.0 Å². The lowest BCUT2D eigenvalue weighted by Gasteiger charge is -2.43. The Hall–Kier alpha value is -4.24. The van der Waals surface area contributed by atoms with Crippen LogP contribution in [0, 0.1) is 6.92 Å². The highest BCUT2D eigenvalue weighted by molar-refractivity contribution is 6.31. The van der Waals surface area contributed by atoms with E-state index in [1.54, 1.807) is 23.0 Å². The first-order valence-electron chi connectivity index (χ1n) is 14.1. The predicted molar refractivity (Wildman–Crippen MR) is 164 cm³/mol. The Morgan fingerprint density at radius 3 is 2.43 bits per heavy atom. The maximum absolute atomic E-state index is 14.0. The molecule has 0 bridgehead atoms. The summed E-state index contributed by atoms with van der Waals surface area (Å²) in [6, 6.07) is 22.7. The van der Waals surface area contributed by atoms with Crippen LogP contribution in [0.2, 0.25) is 5.02 Å². The molecule has 0 aromatic heterocycles. The second kappa shape index (κ2) is 12.7. The van der Waals surface area contributed by atoms with Gasteiger partial charge in [0.1, 0.15) is 17.8 Å². The summed E-state index contributed by atoms with van der Waals surface area (Å²) in [5.74, 6) is 0.484. The second-order valence-corrected chi connectivity index (χ2v) is 11.1. The van der Waals surface area contributed by atoms with Crippen molar-refractivity contribution in [2.24, 2.45) is 0 Å². The molecule has 0 atom stereocenters. The number of ether oxygens (including phenoxy) is 1. The van der Waals surface area contributed by atoms with Gasteiger partial charge in [-0.3, -0.25) is 9.59 Å². The summed E-state index contributed by atoms with van der Waals surface area (Å²) in [6.45, 7) is 3.42. The molecule has 2 heterocycles. The number of benzene rings is 3. The Morgan fingerprint density at radius 2 is 1.71 bits per heavy atom. The fourth-order valence-electron chi connectivity index (χ4n) is 5.75. The molecule has 2 aliphatic heterocycles.